The summed E-state index contributed by atoms with van der Waals surface area (Å²) in [7, 11) is 0. The molecule has 0 N–H and O–H groups in total. The van der Waals surface area contributed by atoms with E-state index in [1.165, 1.54) is 5.56 Å². The van der Waals surface area contributed by atoms with Crippen molar-refractivity contribution in [1.29, 1.82) is 0 Å². The van der Waals surface area contributed by atoms with E-state index in [1.54, 1.807) is 0 Å². The molecule has 0 saturated heterocycles. The second-order valence-corrected chi connectivity index (χ2v) is 5.82. The van der Waals surface area contributed by atoms with Crippen LogP contribution in [0.15, 0.2) is 40.9 Å². The minimum atomic E-state index is 0.518. The zero-order valence-corrected chi connectivity index (χ0v) is 14.6. The fourth-order valence-electron chi connectivity index (χ4n) is 2.64. The standard InChI is InChI=1S/C19H22N4O/c1-5-23(6-2)17-12-16(11-14(4)20-17)19-21-18(22-24-19)15-9-7-13(3)8-10-15/h7-12H,5-6H2,1-4H3. The van der Waals surface area contributed by atoms with E-state index in [-0.39, 0.29) is 0 Å². The lowest BCUT2D eigenvalue weighted by molar-refractivity contribution is 0.432. The molecule has 3 rings (SSSR count). The Kier molecular flexibility index (Phi) is 4.60. The lowest BCUT2D eigenvalue weighted by Crippen LogP contribution is -2.23. The van der Waals surface area contributed by atoms with E-state index in [1.807, 2.05) is 43.3 Å². The molecule has 0 spiro atoms. The van der Waals surface area contributed by atoms with Gasteiger partial charge in [-0.15, -0.1) is 0 Å². The summed E-state index contributed by atoms with van der Waals surface area (Å²) in [5.41, 5.74) is 3.99. The van der Waals surface area contributed by atoms with Crippen LogP contribution in [0, 0.1) is 13.8 Å². The molecule has 0 saturated carbocycles. The van der Waals surface area contributed by atoms with Gasteiger partial charge in [0, 0.05) is 29.9 Å². The van der Waals surface area contributed by atoms with Crippen LogP contribution in [0.5, 0.6) is 0 Å². The summed E-state index contributed by atoms with van der Waals surface area (Å²) < 4.78 is 5.48. The molecule has 0 aliphatic heterocycles. The van der Waals surface area contributed by atoms with Gasteiger partial charge in [-0.3, -0.25) is 0 Å². The van der Waals surface area contributed by atoms with Crippen LogP contribution in [0.25, 0.3) is 22.8 Å². The third kappa shape index (κ3) is 3.30. The predicted octanol–water partition coefficient (Wildman–Crippen LogP) is 4.26. The number of anilines is 1. The van der Waals surface area contributed by atoms with E-state index in [9.17, 15) is 0 Å². The topological polar surface area (TPSA) is 55.1 Å². The Morgan fingerprint density at radius 3 is 2.29 bits per heavy atom. The summed E-state index contributed by atoms with van der Waals surface area (Å²) in [5.74, 6) is 2.05. The number of nitrogens with zero attached hydrogens (tertiary/aromatic N) is 4. The molecule has 0 aliphatic rings. The molecular formula is C19H22N4O. The van der Waals surface area contributed by atoms with Gasteiger partial charge in [0.1, 0.15) is 5.82 Å². The highest BCUT2D eigenvalue weighted by Gasteiger charge is 2.14. The van der Waals surface area contributed by atoms with E-state index < -0.39 is 0 Å². The quantitative estimate of drug-likeness (QED) is 0.702. The number of pyridine rings is 1. The third-order valence-corrected chi connectivity index (χ3v) is 4.01. The second-order valence-electron chi connectivity index (χ2n) is 5.82. The van der Waals surface area contributed by atoms with Crippen molar-refractivity contribution in [1.82, 2.24) is 15.1 Å². The Hall–Kier alpha value is -2.69. The van der Waals surface area contributed by atoms with Gasteiger partial charge in [0.25, 0.3) is 5.89 Å². The molecule has 0 aliphatic carbocycles. The summed E-state index contributed by atoms with van der Waals surface area (Å²) >= 11 is 0. The van der Waals surface area contributed by atoms with Crippen LogP contribution in [0.4, 0.5) is 5.82 Å². The number of aromatic nitrogens is 3. The number of hydrogen-bond donors (Lipinski definition) is 0. The lowest BCUT2D eigenvalue weighted by atomic mass is 10.1. The van der Waals surface area contributed by atoms with Gasteiger partial charge in [0.15, 0.2) is 0 Å². The van der Waals surface area contributed by atoms with Crippen LogP contribution in [-0.4, -0.2) is 28.2 Å². The Labute approximate surface area is 142 Å². The van der Waals surface area contributed by atoms with E-state index in [4.69, 9.17) is 4.52 Å². The first kappa shape index (κ1) is 16.2. The fourth-order valence-corrected chi connectivity index (χ4v) is 2.64. The first-order chi connectivity index (χ1) is 11.6. The number of benzene rings is 1. The van der Waals surface area contributed by atoms with E-state index in [0.29, 0.717) is 11.7 Å². The number of hydrogen-bond acceptors (Lipinski definition) is 5. The fraction of sp³-hybridized carbons (Fsp3) is 0.316. The Morgan fingerprint density at radius 2 is 1.62 bits per heavy atom. The second kappa shape index (κ2) is 6.83. The average Bonchev–Trinajstić information content (AvgIpc) is 3.06. The van der Waals surface area contributed by atoms with Crippen molar-refractivity contribution in [2.24, 2.45) is 0 Å². The molecule has 0 atom stereocenters. The van der Waals surface area contributed by atoms with Crippen molar-refractivity contribution in [2.45, 2.75) is 27.7 Å². The maximum absolute atomic E-state index is 5.48. The Bertz CT molecular complexity index is 820. The molecule has 3 aromatic rings. The van der Waals surface area contributed by atoms with Crippen LogP contribution in [0.1, 0.15) is 25.1 Å². The Morgan fingerprint density at radius 1 is 0.917 bits per heavy atom. The highest BCUT2D eigenvalue weighted by Crippen LogP contribution is 2.26. The molecule has 124 valence electrons. The van der Waals surface area contributed by atoms with Gasteiger partial charge >= 0.3 is 0 Å². The van der Waals surface area contributed by atoms with E-state index >= 15 is 0 Å². The van der Waals surface area contributed by atoms with E-state index in [2.05, 4.69) is 40.8 Å². The van der Waals surface area contributed by atoms with Gasteiger partial charge in [-0.05, 0) is 39.8 Å². The average molecular weight is 322 g/mol. The van der Waals surface area contributed by atoms with Crippen molar-refractivity contribution >= 4 is 5.82 Å². The van der Waals surface area contributed by atoms with Gasteiger partial charge in [0.2, 0.25) is 5.82 Å². The molecule has 5 heteroatoms. The first-order valence-electron chi connectivity index (χ1n) is 8.25. The van der Waals surface area contributed by atoms with Gasteiger partial charge in [-0.2, -0.15) is 4.98 Å². The van der Waals surface area contributed by atoms with Gasteiger partial charge in [-0.25, -0.2) is 4.98 Å². The predicted molar refractivity (Wildman–Crippen MR) is 96.0 cm³/mol. The van der Waals surface area contributed by atoms with Crippen molar-refractivity contribution in [3.63, 3.8) is 0 Å². The monoisotopic (exact) mass is 322 g/mol. The Balaban J connectivity index is 1.96. The summed E-state index contributed by atoms with van der Waals surface area (Å²) in [6.45, 7) is 10.1. The van der Waals surface area contributed by atoms with Crippen LogP contribution in [0.3, 0.4) is 0 Å². The normalized spacial score (nSPS) is 10.8. The van der Waals surface area contributed by atoms with Gasteiger partial charge < -0.3 is 9.42 Å². The highest BCUT2D eigenvalue weighted by atomic mass is 16.5. The maximum Gasteiger partial charge on any atom is 0.258 e. The zero-order chi connectivity index (χ0) is 17.1. The minimum Gasteiger partial charge on any atom is -0.357 e. The van der Waals surface area contributed by atoms with Crippen molar-refractivity contribution < 1.29 is 4.52 Å². The molecule has 0 bridgehead atoms. The lowest BCUT2D eigenvalue weighted by Gasteiger charge is -2.20. The van der Waals surface area contributed by atoms with Crippen molar-refractivity contribution in [3.05, 3.63) is 47.7 Å². The number of aryl methyl sites for hydroxylation is 2. The SMILES string of the molecule is CCN(CC)c1cc(-c2nc(-c3ccc(C)cc3)no2)cc(C)n1. The maximum atomic E-state index is 5.48. The molecule has 0 fully saturated rings. The first-order valence-corrected chi connectivity index (χ1v) is 8.25. The molecule has 5 nitrogen and oxygen atoms in total. The summed E-state index contributed by atoms with van der Waals surface area (Å²) in [6.07, 6.45) is 0. The molecule has 2 aromatic heterocycles. The third-order valence-electron chi connectivity index (χ3n) is 4.01. The molecular weight excluding hydrogens is 300 g/mol. The molecule has 0 radical (unpaired) electrons. The smallest absolute Gasteiger partial charge is 0.258 e. The molecule has 0 amide bonds. The summed E-state index contributed by atoms with van der Waals surface area (Å²) in [4.78, 5) is 11.4. The molecule has 0 unspecified atom stereocenters. The van der Waals surface area contributed by atoms with E-state index in [0.717, 1.165) is 35.7 Å². The largest absolute Gasteiger partial charge is 0.357 e. The molecule has 24 heavy (non-hydrogen) atoms. The van der Waals surface area contributed by atoms with Gasteiger partial charge in [0.05, 0.1) is 0 Å². The summed E-state index contributed by atoms with van der Waals surface area (Å²) in [5, 5.41) is 4.12. The number of rotatable bonds is 5. The van der Waals surface area contributed by atoms with Gasteiger partial charge in [-0.1, -0.05) is 35.0 Å². The van der Waals surface area contributed by atoms with Crippen LogP contribution >= 0.6 is 0 Å². The minimum absolute atomic E-state index is 0.518. The molecule has 2 heterocycles. The van der Waals surface area contributed by atoms with Crippen molar-refractivity contribution in [2.75, 3.05) is 18.0 Å². The van der Waals surface area contributed by atoms with Crippen LogP contribution < -0.4 is 4.90 Å². The molecule has 1 aromatic carbocycles. The highest BCUT2D eigenvalue weighted by molar-refractivity contribution is 5.63. The van der Waals surface area contributed by atoms with Crippen LogP contribution in [0.2, 0.25) is 0 Å². The zero-order valence-electron chi connectivity index (χ0n) is 14.6. The van der Waals surface area contributed by atoms with Crippen molar-refractivity contribution in [3.8, 4) is 22.8 Å². The van der Waals surface area contributed by atoms with Crippen LogP contribution in [-0.2, 0) is 0 Å². The summed E-state index contributed by atoms with van der Waals surface area (Å²) in [6, 6.07) is 12.1.